The molecule has 2 aromatic carbocycles. The van der Waals surface area contributed by atoms with Crippen LogP contribution in [0.15, 0.2) is 48.5 Å². The Morgan fingerprint density at radius 3 is 2.58 bits per heavy atom. The molecule has 0 aliphatic heterocycles. The summed E-state index contributed by atoms with van der Waals surface area (Å²) in [6.07, 6.45) is 0.108. The van der Waals surface area contributed by atoms with Crippen LogP contribution in [0.4, 0.5) is 0 Å². The Morgan fingerprint density at radius 2 is 1.88 bits per heavy atom. The SMILES string of the molecule is CC[C@H](Oc1cccc(C)c1)C(=O)NCCOc1ccccc1C(C)C. The zero-order valence-electron chi connectivity index (χ0n) is 16.1. The second-order valence-corrected chi connectivity index (χ2v) is 6.66. The second kappa shape index (κ2) is 9.85. The van der Waals surface area contributed by atoms with E-state index in [0.29, 0.717) is 31.2 Å². The highest BCUT2D eigenvalue weighted by atomic mass is 16.5. The van der Waals surface area contributed by atoms with Crippen LogP contribution in [0.5, 0.6) is 11.5 Å². The zero-order chi connectivity index (χ0) is 18.9. The number of amides is 1. The highest BCUT2D eigenvalue weighted by Gasteiger charge is 2.18. The fraction of sp³-hybridized carbons (Fsp3) is 0.409. The summed E-state index contributed by atoms with van der Waals surface area (Å²) in [5, 5.41) is 2.90. The summed E-state index contributed by atoms with van der Waals surface area (Å²) in [6.45, 7) is 9.09. The van der Waals surface area contributed by atoms with Crippen molar-refractivity contribution in [1.29, 1.82) is 0 Å². The first kappa shape index (κ1) is 19.8. The van der Waals surface area contributed by atoms with E-state index in [-0.39, 0.29) is 5.91 Å². The normalized spacial score (nSPS) is 11.9. The number of ether oxygens (including phenoxy) is 2. The predicted octanol–water partition coefficient (Wildman–Crippen LogP) is 4.47. The maximum atomic E-state index is 12.4. The van der Waals surface area contributed by atoms with Crippen molar-refractivity contribution in [3.05, 3.63) is 59.7 Å². The third-order valence-electron chi connectivity index (χ3n) is 4.13. The number of hydrogen-bond donors (Lipinski definition) is 1. The van der Waals surface area contributed by atoms with Gasteiger partial charge in [0, 0.05) is 0 Å². The van der Waals surface area contributed by atoms with Crippen molar-refractivity contribution in [3.63, 3.8) is 0 Å². The van der Waals surface area contributed by atoms with Gasteiger partial charge in [0.05, 0.1) is 6.54 Å². The van der Waals surface area contributed by atoms with Crippen molar-refractivity contribution >= 4 is 5.91 Å². The van der Waals surface area contributed by atoms with Crippen LogP contribution in [0.1, 0.15) is 44.2 Å². The van der Waals surface area contributed by atoms with E-state index in [2.05, 4.69) is 25.2 Å². The molecule has 0 aliphatic rings. The Hall–Kier alpha value is -2.49. The van der Waals surface area contributed by atoms with Crippen molar-refractivity contribution in [1.82, 2.24) is 5.32 Å². The molecular weight excluding hydrogens is 326 g/mol. The molecule has 2 aromatic rings. The number of rotatable bonds is 9. The Kier molecular flexibility index (Phi) is 7.52. The second-order valence-electron chi connectivity index (χ2n) is 6.66. The van der Waals surface area contributed by atoms with Crippen LogP contribution in [0.3, 0.4) is 0 Å². The molecule has 1 atom stereocenters. The number of para-hydroxylation sites is 1. The molecule has 1 amide bonds. The van der Waals surface area contributed by atoms with Crippen LogP contribution in [-0.2, 0) is 4.79 Å². The molecule has 0 aliphatic carbocycles. The van der Waals surface area contributed by atoms with Crippen molar-refractivity contribution in [2.24, 2.45) is 0 Å². The number of carbonyl (C=O) groups excluding carboxylic acids is 1. The molecule has 0 fully saturated rings. The lowest BCUT2D eigenvalue weighted by molar-refractivity contribution is -0.128. The van der Waals surface area contributed by atoms with Gasteiger partial charge in [-0.1, -0.05) is 51.1 Å². The van der Waals surface area contributed by atoms with Crippen LogP contribution < -0.4 is 14.8 Å². The molecule has 0 saturated heterocycles. The summed E-state index contributed by atoms with van der Waals surface area (Å²) in [5.41, 5.74) is 2.28. The summed E-state index contributed by atoms with van der Waals surface area (Å²) in [6, 6.07) is 15.7. The smallest absolute Gasteiger partial charge is 0.261 e. The van der Waals surface area contributed by atoms with Gasteiger partial charge >= 0.3 is 0 Å². The van der Waals surface area contributed by atoms with E-state index in [0.717, 1.165) is 11.3 Å². The van der Waals surface area contributed by atoms with Crippen molar-refractivity contribution in [3.8, 4) is 11.5 Å². The van der Waals surface area contributed by atoms with Crippen LogP contribution in [0.25, 0.3) is 0 Å². The molecule has 0 heterocycles. The predicted molar refractivity (Wildman–Crippen MR) is 105 cm³/mol. The van der Waals surface area contributed by atoms with Crippen LogP contribution in [-0.4, -0.2) is 25.2 Å². The molecule has 4 heteroatoms. The van der Waals surface area contributed by atoms with E-state index in [4.69, 9.17) is 9.47 Å². The van der Waals surface area contributed by atoms with Crippen LogP contribution in [0.2, 0.25) is 0 Å². The van der Waals surface area contributed by atoms with Gasteiger partial charge in [-0.3, -0.25) is 4.79 Å². The van der Waals surface area contributed by atoms with Gasteiger partial charge in [-0.2, -0.15) is 0 Å². The standard InChI is InChI=1S/C22H29NO3/c1-5-20(26-18-10-8-9-17(4)15-18)22(24)23-13-14-25-21-12-7-6-11-19(21)16(2)3/h6-12,15-16,20H,5,13-14H2,1-4H3,(H,23,24)/t20-/m0/s1. The first-order valence-electron chi connectivity index (χ1n) is 9.24. The van der Waals surface area contributed by atoms with E-state index < -0.39 is 6.10 Å². The summed E-state index contributed by atoms with van der Waals surface area (Å²) in [4.78, 5) is 12.4. The lowest BCUT2D eigenvalue weighted by Gasteiger charge is -2.18. The molecule has 0 unspecified atom stereocenters. The first-order chi connectivity index (χ1) is 12.5. The van der Waals surface area contributed by atoms with Gasteiger partial charge in [-0.05, 0) is 48.6 Å². The van der Waals surface area contributed by atoms with Crippen LogP contribution in [0, 0.1) is 6.92 Å². The maximum absolute atomic E-state index is 12.4. The van der Waals surface area contributed by atoms with Crippen molar-refractivity contribution in [2.75, 3.05) is 13.2 Å². The van der Waals surface area contributed by atoms with Gasteiger partial charge in [0.25, 0.3) is 5.91 Å². The third-order valence-corrected chi connectivity index (χ3v) is 4.13. The molecule has 0 spiro atoms. The van der Waals surface area contributed by atoms with Gasteiger partial charge in [-0.25, -0.2) is 0 Å². The van der Waals surface area contributed by atoms with E-state index in [9.17, 15) is 4.79 Å². The molecule has 0 bridgehead atoms. The molecule has 0 aromatic heterocycles. The van der Waals surface area contributed by atoms with Gasteiger partial charge < -0.3 is 14.8 Å². The molecule has 4 nitrogen and oxygen atoms in total. The van der Waals surface area contributed by atoms with Gasteiger partial charge in [0.15, 0.2) is 6.10 Å². The monoisotopic (exact) mass is 355 g/mol. The minimum atomic E-state index is -0.500. The largest absolute Gasteiger partial charge is 0.491 e. The quantitative estimate of drug-likeness (QED) is 0.675. The molecule has 140 valence electrons. The Balaban J connectivity index is 1.82. The molecule has 0 radical (unpaired) electrons. The van der Waals surface area contributed by atoms with Crippen molar-refractivity contribution in [2.45, 2.75) is 46.1 Å². The van der Waals surface area contributed by atoms with Crippen LogP contribution >= 0.6 is 0 Å². The van der Waals surface area contributed by atoms with Gasteiger partial charge in [-0.15, -0.1) is 0 Å². The van der Waals surface area contributed by atoms with Gasteiger partial charge in [0.2, 0.25) is 0 Å². The zero-order valence-corrected chi connectivity index (χ0v) is 16.1. The highest BCUT2D eigenvalue weighted by Crippen LogP contribution is 2.25. The van der Waals surface area contributed by atoms with Gasteiger partial charge in [0.1, 0.15) is 18.1 Å². The summed E-state index contributed by atoms with van der Waals surface area (Å²) >= 11 is 0. The molecule has 26 heavy (non-hydrogen) atoms. The lowest BCUT2D eigenvalue weighted by atomic mass is 10.0. The minimum absolute atomic E-state index is 0.116. The fourth-order valence-electron chi connectivity index (χ4n) is 2.71. The fourth-order valence-corrected chi connectivity index (χ4v) is 2.71. The number of nitrogens with one attached hydrogen (secondary N) is 1. The third kappa shape index (κ3) is 5.80. The lowest BCUT2D eigenvalue weighted by Crippen LogP contribution is -2.39. The Morgan fingerprint density at radius 1 is 1.12 bits per heavy atom. The Bertz CT molecular complexity index is 712. The number of hydrogen-bond acceptors (Lipinski definition) is 3. The van der Waals surface area contributed by atoms with E-state index in [1.54, 1.807) is 0 Å². The topological polar surface area (TPSA) is 47.6 Å². The molecule has 1 N–H and O–H groups in total. The van der Waals surface area contributed by atoms with E-state index >= 15 is 0 Å². The molecule has 0 saturated carbocycles. The highest BCUT2D eigenvalue weighted by molar-refractivity contribution is 5.81. The summed E-state index contributed by atoms with van der Waals surface area (Å²) in [7, 11) is 0. The summed E-state index contributed by atoms with van der Waals surface area (Å²) in [5.74, 6) is 1.87. The minimum Gasteiger partial charge on any atom is -0.491 e. The van der Waals surface area contributed by atoms with E-state index in [1.807, 2.05) is 56.3 Å². The van der Waals surface area contributed by atoms with Crippen molar-refractivity contribution < 1.29 is 14.3 Å². The molecular formula is C22H29NO3. The Labute approximate surface area is 156 Å². The number of benzene rings is 2. The molecule has 2 rings (SSSR count). The van der Waals surface area contributed by atoms with E-state index in [1.165, 1.54) is 5.56 Å². The average molecular weight is 355 g/mol. The number of aryl methyl sites for hydroxylation is 1. The summed E-state index contributed by atoms with van der Waals surface area (Å²) < 4.78 is 11.7. The first-order valence-corrected chi connectivity index (χ1v) is 9.24. The number of carbonyl (C=O) groups is 1. The maximum Gasteiger partial charge on any atom is 0.261 e. The average Bonchev–Trinajstić information content (AvgIpc) is 2.63.